The Balaban J connectivity index is 1.75. The Hall–Kier alpha value is -2.64. The van der Waals surface area contributed by atoms with Crippen LogP contribution in [0.3, 0.4) is 0 Å². The van der Waals surface area contributed by atoms with Crippen molar-refractivity contribution in [3.8, 4) is 5.75 Å². The van der Waals surface area contributed by atoms with Crippen LogP contribution in [0.15, 0.2) is 67.3 Å². The number of hydrogen-bond acceptors (Lipinski definition) is 4. The van der Waals surface area contributed by atoms with Crippen LogP contribution in [0.1, 0.15) is 25.3 Å². The Kier molecular flexibility index (Phi) is 6.39. The van der Waals surface area contributed by atoms with E-state index in [9.17, 15) is 13.2 Å². The number of ether oxygens (including phenoxy) is 1. The normalized spacial score (nSPS) is 21.3. The summed E-state index contributed by atoms with van der Waals surface area (Å²) in [4.78, 5) is 13.0. The van der Waals surface area contributed by atoms with Crippen molar-refractivity contribution >= 4 is 21.6 Å². The molecular formula is C22H26N2O4S. The predicted octanol–water partition coefficient (Wildman–Crippen LogP) is 3.57. The van der Waals surface area contributed by atoms with Gasteiger partial charge in [0.1, 0.15) is 12.4 Å². The van der Waals surface area contributed by atoms with Crippen molar-refractivity contribution in [1.82, 2.24) is 4.31 Å². The summed E-state index contributed by atoms with van der Waals surface area (Å²) in [6.45, 7) is 6.17. The fourth-order valence-electron chi connectivity index (χ4n) is 3.36. The summed E-state index contributed by atoms with van der Waals surface area (Å²) >= 11 is 0. The molecule has 0 bridgehead atoms. The van der Waals surface area contributed by atoms with E-state index in [-0.39, 0.29) is 13.0 Å². The Bertz CT molecular complexity index is 958. The predicted molar refractivity (Wildman–Crippen MR) is 114 cm³/mol. The van der Waals surface area contributed by atoms with Gasteiger partial charge in [0.15, 0.2) is 4.75 Å². The van der Waals surface area contributed by atoms with Crippen molar-refractivity contribution in [2.45, 2.75) is 31.1 Å². The van der Waals surface area contributed by atoms with Gasteiger partial charge in [-0.25, -0.2) is 8.42 Å². The Morgan fingerprint density at radius 3 is 2.55 bits per heavy atom. The molecule has 3 rings (SSSR count). The monoisotopic (exact) mass is 414 g/mol. The van der Waals surface area contributed by atoms with Crippen LogP contribution in [0.4, 0.5) is 5.69 Å². The van der Waals surface area contributed by atoms with Gasteiger partial charge in [0.05, 0.1) is 0 Å². The number of hydrogen-bond donors (Lipinski definition) is 1. The largest absolute Gasteiger partial charge is 0.490 e. The van der Waals surface area contributed by atoms with Crippen LogP contribution in [0.2, 0.25) is 0 Å². The average Bonchev–Trinajstić information content (AvgIpc) is 2.72. The Morgan fingerprint density at radius 1 is 1.21 bits per heavy atom. The van der Waals surface area contributed by atoms with Crippen LogP contribution in [0, 0.1) is 0 Å². The zero-order valence-electron chi connectivity index (χ0n) is 16.5. The second-order valence-corrected chi connectivity index (χ2v) is 9.60. The standard InChI is InChI=1S/C22H26N2O4S/c1-3-16-28-20-12-10-19(11-13-20)23-21(25)22(2)14-7-15-24(29(22,26)27)17-18-8-5-4-6-9-18/h3-6,8-13H,1,7,14-17H2,2H3,(H,23,25)/t22-/m0/s1. The van der Waals surface area contributed by atoms with Gasteiger partial charge in [-0.1, -0.05) is 43.0 Å². The van der Waals surface area contributed by atoms with Crippen LogP contribution in [-0.2, 0) is 21.4 Å². The molecule has 0 spiro atoms. The maximum absolute atomic E-state index is 13.3. The molecule has 1 aliphatic heterocycles. The van der Waals surface area contributed by atoms with E-state index in [1.165, 1.54) is 11.2 Å². The number of amides is 1. The van der Waals surface area contributed by atoms with E-state index in [0.29, 0.717) is 31.0 Å². The van der Waals surface area contributed by atoms with E-state index in [2.05, 4.69) is 11.9 Å². The highest BCUT2D eigenvalue weighted by atomic mass is 32.2. The molecule has 0 aliphatic carbocycles. The minimum atomic E-state index is -3.82. The zero-order chi connectivity index (χ0) is 20.9. The first-order valence-corrected chi connectivity index (χ1v) is 11.0. The first kappa shape index (κ1) is 21.1. The van der Waals surface area contributed by atoms with E-state index in [1.807, 2.05) is 30.3 Å². The minimum Gasteiger partial charge on any atom is -0.490 e. The molecule has 1 amide bonds. The highest BCUT2D eigenvalue weighted by Crippen LogP contribution is 2.34. The van der Waals surface area contributed by atoms with Crippen LogP contribution in [-0.4, -0.2) is 36.5 Å². The van der Waals surface area contributed by atoms with Crippen LogP contribution in [0.5, 0.6) is 5.75 Å². The number of sulfonamides is 1. The molecule has 6 nitrogen and oxygen atoms in total. The summed E-state index contributed by atoms with van der Waals surface area (Å²) in [6, 6.07) is 16.2. The van der Waals surface area contributed by atoms with E-state index in [0.717, 1.165) is 5.56 Å². The van der Waals surface area contributed by atoms with E-state index in [4.69, 9.17) is 4.74 Å². The second-order valence-electron chi connectivity index (χ2n) is 7.24. The molecule has 0 unspecified atom stereocenters. The van der Waals surface area contributed by atoms with Crippen molar-refractivity contribution in [2.75, 3.05) is 18.5 Å². The highest BCUT2D eigenvalue weighted by molar-refractivity contribution is 7.91. The SMILES string of the molecule is C=CCOc1ccc(NC(=O)[C@]2(C)CCCN(Cc3ccccc3)S2(=O)=O)cc1. The molecule has 1 fully saturated rings. The van der Waals surface area contributed by atoms with Gasteiger partial charge < -0.3 is 10.1 Å². The maximum Gasteiger partial charge on any atom is 0.246 e. The van der Waals surface area contributed by atoms with Crippen molar-refractivity contribution in [3.05, 3.63) is 72.8 Å². The first-order valence-electron chi connectivity index (χ1n) is 9.56. The Morgan fingerprint density at radius 2 is 1.90 bits per heavy atom. The molecular weight excluding hydrogens is 388 g/mol. The number of carbonyl (C=O) groups is 1. The maximum atomic E-state index is 13.3. The van der Waals surface area contributed by atoms with Crippen molar-refractivity contribution in [3.63, 3.8) is 0 Å². The van der Waals surface area contributed by atoms with Gasteiger partial charge in [0.2, 0.25) is 15.9 Å². The van der Waals surface area contributed by atoms with Crippen LogP contribution in [0.25, 0.3) is 0 Å². The lowest BCUT2D eigenvalue weighted by Crippen LogP contribution is -2.56. The third kappa shape index (κ3) is 4.52. The minimum absolute atomic E-state index is 0.265. The topological polar surface area (TPSA) is 75.7 Å². The van der Waals surface area contributed by atoms with Crippen molar-refractivity contribution in [1.29, 1.82) is 0 Å². The molecule has 0 aromatic heterocycles. The molecule has 1 heterocycles. The highest BCUT2D eigenvalue weighted by Gasteiger charge is 2.51. The van der Waals surface area contributed by atoms with E-state index >= 15 is 0 Å². The van der Waals surface area contributed by atoms with Crippen molar-refractivity contribution < 1.29 is 17.9 Å². The Labute approximate surface area is 172 Å². The number of benzene rings is 2. The van der Waals surface area contributed by atoms with Gasteiger partial charge in [-0.2, -0.15) is 4.31 Å². The smallest absolute Gasteiger partial charge is 0.246 e. The van der Waals surface area contributed by atoms with Gasteiger partial charge in [-0.3, -0.25) is 4.79 Å². The lowest BCUT2D eigenvalue weighted by molar-refractivity contribution is -0.118. The summed E-state index contributed by atoms with van der Waals surface area (Å²) in [5.41, 5.74) is 1.42. The van der Waals surface area contributed by atoms with Gasteiger partial charge in [-0.15, -0.1) is 0 Å². The van der Waals surface area contributed by atoms with E-state index in [1.54, 1.807) is 30.3 Å². The van der Waals surface area contributed by atoms with Gasteiger partial charge in [0, 0.05) is 18.8 Å². The summed E-state index contributed by atoms with van der Waals surface area (Å²) in [5.74, 6) is 0.128. The van der Waals surface area contributed by atoms with Crippen LogP contribution >= 0.6 is 0 Å². The quantitative estimate of drug-likeness (QED) is 0.703. The van der Waals surface area contributed by atoms with Gasteiger partial charge in [-0.05, 0) is 49.6 Å². The van der Waals surface area contributed by atoms with Gasteiger partial charge >= 0.3 is 0 Å². The molecule has 0 saturated carbocycles. The fraction of sp³-hybridized carbons (Fsp3) is 0.318. The summed E-state index contributed by atoms with van der Waals surface area (Å²) in [6.07, 6.45) is 2.56. The zero-order valence-corrected chi connectivity index (χ0v) is 17.3. The number of rotatable bonds is 7. The molecule has 1 N–H and O–H groups in total. The van der Waals surface area contributed by atoms with Gasteiger partial charge in [0.25, 0.3) is 0 Å². The molecule has 2 aromatic carbocycles. The molecule has 29 heavy (non-hydrogen) atoms. The van der Waals surface area contributed by atoms with Crippen molar-refractivity contribution in [2.24, 2.45) is 0 Å². The third-order valence-corrected chi connectivity index (χ3v) is 7.65. The molecule has 1 atom stereocenters. The number of nitrogens with one attached hydrogen (secondary N) is 1. The molecule has 0 radical (unpaired) electrons. The molecule has 1 saturated heterocycles. The summed E-state index contributed by atoms with van der Waals surface area (Å²) < 4.78 is 31.9. The van der Waals surface area contributed by atoms with E-state index < -0.39 is 20.7 Å². The first-order chi connectivity index (χ1) is 13.9. The fourth-order valence-corrected chi connectivity index (χ4v) is 5.31. The lowest BCUT2D eigenvalue weighted by Gasteiger charge is -2.38. The summed E-state index contributed by atoms with van der Waals surface area (Å²) in [7, 11) is -3.82. The number of nitrogens with zero attached hydrogens (tertiary/aromatic N) is 1. The third-order valence-electron chi connectivity index (χ3n) is 5.13. The summed E-state index contributed by atoms with van der Waals surface area (Å²) in [5, 5.41) is 2.76. The number of carbonyl (C=O) groups excluding carboxylic acids is 1. The molecule has 154 valence electrons. The second kappa shape index (κ2) is 8.80. The average molecular weight is 415 g/mol. The lowest BCUT2D eigenvalue weighted by atomic mass is 10.0. The molecule has 7 heteroatoms. The molecule has 1 aliphatic rings. The molecule has 2 aromatic rings. The van der Waals surface area contributed by atoms with Crippen LogP contribution < -0.4 is 10.1 Å². The number of anilines is 1.